The Hall–Kier alpha value is -1.29. The second-order valence-corrected chi connectivity index (χ2v) is 3.92. The highest BCUT2D eigenvalue weighted by Crippen LogP contribution is 2.33. The Morgan fingerprint density at radius 2 is 2.31 bits per heavy atom. The van der Waals surface area contributed by atoms with E-state index in [1.54, 1.807) is 0 Å². The lowest BCUT2D eigenvalue weighted by Crippen LogP contribution is -2.38. The van der Waals surface area contributed by atoms with Gasteiger partial charge < -0.3 is 0 Å². The number of amidine groups is 1. The number of allylic oxidation sites excluding steroid dienone is 3. The first-order valence-electron chi connectivity index (χ1n) is 4.41. The van der Waals surface area contributed by atoms with Crippen LogP contribution in [-0.2, 0) is 0 Å². The summed E-state index contributed by atoms with van der Waals surface area (Å²) in [5.41, 5.74) is 9.77. The van der Waals surface area contributed by atoms with Crippen molar-refractivity contribution in [2.75, 3.05) is 0 Å². The van der Waals surface area contributed by atoms with Crippen LogP contribution in [0.4, 0.5) is 0 Å². The lowest BCUT2D eigenvalue weighted by Gasteiger charge is -2.28. The molecule has 0 aromatic carbocycles. The summed E-state index contributed by atoms with van der Waals surface area (Å²) in [7, 11) is 0. The summed E-state index contributed by atoms with van der Waals surface area (Å²) < 4.78 is 0. The molecule has 70 valence electrons. The fraction of sp³-hybridized carbons (Fsp3) is 0.444. The molecule has 4 heteroatoms. The molecule has 0 atom stereocenters. The first-order valence-corrected chi connectivity index (χ1v) is 4.41. The second kappa shape index (κ2) is 2.88. The van der Waals surface area contributed by atoms with Crippen molar-refractivity contribution in [3.05, 3.63) is 23.8 Å². The minimum Gasteiger partial charge on any atom is -0.285 e. The molecule has 0 spiro atoms. The molecule has 13 heavy (non-hydrogen) atoms. The number of hydrazone groups is 1. The number of rotatable bonds is 1. The molecule has 0 fully saturated rings. The molecule has 0 radical (unpaired) electrons. The molecule has 0 saturated carbocycles. The van der Waals surface area contributed by atoms with Gasteiger partial charge in [-0.25, -0.2) is 5.53 Å². The normalized spacial score (nSPS) is 24.5. The monoisotopic (exact) mass is 178 g/mol. The van der Waals surface area contributed by atoms with Crippen LogP contribution in [0.25, 0.3) is 0 Å². The minimum atomic E-state index is 0.161. The molecular formula is C9H14N4. The summed E-state index contributed by atoms with van der Waals surface area (Å²) in [5, 5.41) is 4.10. The Morgan fingerprint density at radius 3 is 2.92 bits per heavy atom. The lowest BCUT2D eigenvalue weighted by atomic mass is 9.78. The molecule has 2 rings (SSSR count). The average Bonchev–Trinajstić information content (AvgIpc) is 2.55. The number of hydrogen-bond acceptors (Lipinski definition) is 4. The van der Waals surface area contributed by atoms with E-state index in [0.29, 0.717) is 0 Å². The van der Waals surface area contributed by atoms with Gasteiger partial charge in [0.25, 0.3) is 0 Å². The van der Waals surface area contributed by atoms with Gasteiger partial charge in [0, 0.05) is 5.57 Å². The van der Waals surface area contributed by atoms with Crippen LogP contribution in [0.3, 0.4) is 0 Å². The maximum absolute atomic E-state index is 4.10. The van der Waals surface area contributed by atoms with Crippen molar-refractivity contribution < 1.29 is 0 Å². The maximum atomic E-state index is 4.10. The summed E-state index contributed by atoms with van der Waals surface area (Å²) >= 11 is 0. The molecule has 3 N–H and O–H groups in total. The highest BCUT2D eigenvalue weighted by molar-refractivity contribution is 6.00. The molecule has 0 aromatic rings. The molecule has 0 unspecified atom stereocenters. The van der Waals surface area contributed by atoms with Gasteiger partial charge in [0.05, 0.1) is 0 Å². The molecule has 0 bridgehead atoms. The van der Waals surface area contributed by atoms with E-state index >= 15 is 0 Å². The van der Waals surface area contributed by atoms with E-state index in [1.165, 1.54) is 5.57 Å². The molecule has 0 amide bonds. The fourth-order valence-corrected chi connectivity index (χ4v) is 1.59. The molecule has 2 aliphatic rings. The van der Waals surface area contributed by atoms with Gasteiger partial charge in [-0.1, -0.05) is 32.1 Å². The summed E-state index contributed by atoms with van der Waals surface area (Å²) in [4.78, 5) is 0. The van der Waals surface area contributed by atoms with Crippen LogP contribution in [0.15, 0.2) is 28.9 Å². The zero-order chi connectivity index (χ0) is 9.31. The van der Waals surface area contributed by atoms with Crippen molar-refractivity contribution in [1.82, 2.24) is 16.5 Å². The van der Waals surface area contributed by atoms with Gasteiger partial charge in [0.15, 0.2) is 5.84 Å². The van der Waals surface area contributed by atoms with Gasteiger partial charge in [-0.3, -0.25) is 5.43 Å². The van der Waals surface area contributed by atoms with E-state index in [4.69, 9.17) is 0 Å². The van der Waals surface area contributed by atoms with Crippen LogP contribution < -0.4 is 16.5 Å². The topological polar surface area (TPSA) is 48.5 Å². The predicted octanol–water partition coefficient (Wildman–Crippen LogP) is 0.825. The fourth-order valence-electron chi connectivity index (χ4n) is 1.59. The van der Waals surface area contributed by atoms with Gasteiger partial charge in [0.1, 0.15) is 0 Å². The van der Waals surface area contributed by atoms with E-state index < -0.39 is 0 Å². The molecule has 1 aliphatic heterocycles. The smallest absolute Gasteiger partial charge is 0.166 e. The summed E-state index contributed by atoms with van der Waals surface area (Å²) in [6.07, 6.45) is 7.41. The van der Waals surface area contributed by atoms with Gasteiger partial charge in [-0.15, -0.1) is 10.6 Å². The highest BCUT2D eigenvalue weighted by atomic mass is 15.8. The van der Waals surface area contributed by atoms with Crippen molar-refractivity contribution in [1.29, 1.82) is 0 Å². The number of hydrogen-bond donors (Lipinski definition) is 3. The Labute approximate surface area is 77.7 Å². The van der Waals surface area contributed by atoms with Crippen LogP contribution in [0, 0.1) is 5.41 Å². The van der Waals surface area contributed by atoms with Crippen LogP contribution in [0.2, 0.25) is 0 Å². The van der Waals surface area contributed by atoms with E-state index in [2.05, 4.69) is 53.7 Å². The minimum absolute atomic E-state index is 0.161. The van der Waals surface area contributed by atoms with Gasteiger partial charge in [-0.05, 0) is 11.8 Å². The Bertz CT molecular complexity index is 299. The van der Waals surface area contributed by atoms with Crippen LogP contribution >= 0.6 is 0 Å². The van der Waals surface area contributed by atoms with Crippen molar-refractivity contribution in [2.45, 2.75) is 20.3 Å². The van der Waals surface area contributed by atoms with Crippen LogP contribution in [0.1, 0.15) is 20.3 Å². The standard InChI is InChI=1S/C9H14N4/c1-9(2)6-4-3-5-7(9)8-10-12-13-11-8/h3-5,12-13H,6H2,1-2H3,(H,10,11). The lowest BCUT2D eigenvalue weighted by molar-refractivity contribution is 0.464. The molecule has 0 saturated heterocycles. The van der Waals surface area contributed by atoms with Crippen LogP contribution in [0.5, 0.6) is 0 Å². The third-order valence-corrected chi connectivity index (χ3v) is 2.42. The van der Waals surface area contributed by atoms with E-state index in [1.807, 2.05) is 0 Å². The zero-order valence-corrected chi connectivity index (χ0v) is 7.89. The van der Waals surface area contributed by atoms with Crippen LogP contribution in [-0.4, -0.2) is 5.84 Å². The van der Waals surface area contributed by atoms with E-state index in [9.17, 15) is 0 Å². The largest absolute Gasteiger partial charge is 0.285 e. The Balaban J connectivity index is 2.29. The molecular weight excluding hydrogens is 164 g/mol. The zero-order valence-electron chi connectivity index (χ0n) is 7.89. The average molecular weight is 178 g/mol. The van der Waals surface area contributed by atoms with Crippen molar-refractivity contribution >= 4 is 5.84 Å². The summed E-state index contributed by atoms with van der Waals surface area (Å²) in [5.74, 6) is 0.884. The van der Waals surface area contributed by atoms with Crippen molar-refractivity contribution in [2.24, 2.45) is 10.5 Å². The van der Waals surface area contributed by atoms with Crippen molar-refractivity contribution in [3.63, 3.8) is 0 Å². The molecule has 1 aliphatic carbocycles. The third kappa shape index (κ3) is 1.45. The molecule has 1 heterocycles. The first-order chi connectivity index (χ1) is 6.20. The van der Waals surface area contributed by atoms with Crippen molar-refractivity contribution in [3.8, 4) is 0 Å². The number of nitrogens with zero attached hydrogens (tertiary/aromatic N) is 1. The molecule has 0 aromatic heterocycles. The SMILES string of the molecule is CC1(C)CC=CC=C1C1=NNNN1. The number of hydrazine groups is 2. The first kappa shape index (κ1) is 8.31. The second-order valence-electron chi connectivity index (χ2n) is 3.92. The third-order valence-electron chi connectivity index (χ3n) is 2.42. The molecule has 4 nitrogen and oxygen atoms in total. The number of nitrogens with one attached hydrogen (secondary N) is 3. The van der Waals surface area contributed by atoms with E-state index in [0.717, 1.165) is 12.3 Å². The van der Waals surface area contributed by atoms with Gasteiger partial charge in [0.2, 0.25) is 0 Å². The van der Waals surface area contributed by atoms with Gasteiger partial charge >= 0.3 is 0 Å². The highest BCUT2D eigenvalue weighted by Gasteiger charge is 2.28. The maximum Gasteiger partial charge on any atom is 0.166 e. The summed E-state index contributed by atoms with van der Waals surface area (Å²) in [6.45, 7) is 4.43. The predicted molar refractivity (Wildman–Crippen MR) is 52.5 cm³/mol. The Morgan fingerprint density at radius 1 is 1.46 bits per heavy atom. The summed E-state index contributed by atoms with van der Waals surface area (Å²) in [6, 6.07) is 0. The Kier molecular flexibility index (Phi) is 1.84. The van der Waals surface area contributed by atoms with Gasteiger partial charge in [-0.2, -0.15) is 0 Å². The van der Waals surface area contributed by atoms with E-state index in [-0.39, 0.29) is 5.41 Å². The quantitative estimate of drug-likeness (QED) is 0.557.